The summed E-state index contributed by atoms with van der Waals surface area (Å²) in [5.74, 6) is 0.879. The molecule has 1 aromatic heterocycles. The van der Waals surface area contributed by atoms with Gasteiger partial charge in [0.15, 0.2) is 0 Å². The Balaban J connectivity index is 2.15. The van der Waals surface area contributed by atoms with Crippen LogP contribution in [0.15, 0.2) is 28.7 Å². The molecule has 0 aliphatic heterocycles. The SMILES string of the molecule is CCOc1ccc(C(N)Cc2c(Br)c(C)nn2CC)cc1. The van der Waals surface area contributed by atoms with E-state index in [1.54, 1.807) is 0 Å². The summed E-state index contributed by atoms with van der Waals surface area (Å²) < 4.78 is 8.52. The molecule has 1 atom stereocenters. The Bertz CT molecular complexity index is 592. The van der Waals surface area contributed by atoms with Gasteiger partial charge in [-0.2, -0.15) is 5.10 Å². The van der Waals surface area contributed by atoms with Gasteiger partial charge < -0.3 is 10.5 Å². The van der Waals surface area contributed by atoms with E-state index in [-0.39, 0.29) is 6.04 Å². The number of benzene rings is 1. The van der Waals surface area contributed by atoms with Crippen LogP contribution in [-0.2, 0) is 13.0 Å². The number of hydrogen-bond donors (Lipinski definition) is 1. The Morgan fingerprint density at radius 3 is 2.52 bits per heavy atom. The first-order valence-electron chi connectivity index (χ1n) is 7.26. The zero-order chi connectivity index (χ0) is 15.4. The Kier molecular flexibility index (Phi) is 5.42. The molecule has 1 heterocycles. The van der Waals surface area contributed by atoms with Crippen molar-refractivity contribution in [3.63, 3.8) is 0 Å². The summed E-state index contributed by atoms with van der Waals surface area (Å²) in [4.78, 5) is 0. The highest BCUT2D eigenvalue weighted by Gasteiger charge is 2.16. The molecule has 1 aromatic carbocycles. The first-order valence-corrected chi connectivity index (χ1v) is 8.06. The van der Waals surface area contributed by atoms with Gasteiger partial charge in [-0.1, -0.05) is 12.1 Å². The molecule has 0 saturated heterocycles. The third-order valence-electron chi connectivity index (χ3n) is 3.49. The second kappa shape index (κ2) is 7.09. The van der Waals surface area contributed by atoms with Crippen molar-refractivity contribution >= 4 is 15.9 Å². The molecular weight excluding hydrogens is 330 g/mol. The molecule has 4 nitrogen and oxygen atoms in total. The van der Waals surface area contributed by atoms with Crippen LogP contribution >= 0.6 is 15.9 Å². The van der Waals surface area contributed by atoms with E-state index in [2.05, 4.69) is 28.0 Å². The fourth-order valence-corrected chi connectivity index (χ4v) is 2.81. The molecule has 0 aliphatic rings. The fraction of sp³-hybridized carbons (Fsp3) is 0.438. The molecule has 21 heavy (non-hydrogen) atoms. The zero-order valence-electron chi connectivity index (χ0n) is 12.8. The summed E-state index contributed by atoms with van der Waals surface area (Å²) >= 11 is 3.62. The van der Waals surface area contributed by atoms with Gasteiger partial charge in [-0.25, -0.2) is 0 Å². The normalized spacial score (nSPS) is 12.4. The molecule has 0 saturated carbocycles. The number of halogens is 1. The second-order valence-electron chi connectivity index (χ2n) is 4.97. The summed E-state index contributed by atoms with van der Waals surface area (Å²) in [6, 6.07) is 7.94. The highest BCUT2D eigenvalue weighted by molar-refractivity contribution is 9.10. The van der Waals surface area contributed by atoms with Crippen molar-refractivity contribution in [3.05, 3.63) is 45.7 Å². The third kappa shape index (κ3) is 3.66. The van der Waals surface area contributed by atoms with Crippen molar-refractivity contribution < 1.29 is 4.74 Å². The van der Waals surface area contributed by atoms with Crippen molar-refractivity contribution in [2.45, 2.75) is 39.8 Å². The number of ether oxygens (including phenoxy) is 1. The first kappa shape index (κ1) is 16.0. The van der Waals surface area contributed by atoms with Crippen molar-refractivity contribution in [1.82, 2.24) is 9.78 Å². The topological polar surface area (TPSA) is 53.1 Å². The predicted molar refractivity (Wildman–Crippen MR) is 88.6 cm³/mol. The molecule has 2 rings (SSSR count). The largest absolute Gasteiger partial charge is 0.494 e. The minimum Gasteiger partial charge on any atom is -0.494 e. The molecule has 0 amide bonds. The smallest absolute Gasteiger partial charge is 0.119 e. The molecular formula is C16H22BrN3O. The second-order valence-corrected chi connectivity index (χ2v) is 5.77. The van der Waals surface area contributed by atoms with E-state index in [4.69, 9.17) is 10.5 Å². The van der Waals surface area contributed by atoms with Crippen LogP contribution in [0.25, 0.3) is 0 Å². The Morgan fingerprint density at radius 1 is 1.29 bits per heavy atom. The van der Waals surface area contributed by atoms with Crippen LogP contribution in [0, 0.1) is 6.92 Å². The van der Waals surface area contributed by atoms with Gasteiger partial charge in [0.2, 0.25) is 0 Å². The monoisotopic (exact) mass is 351 g/mol. The Morgan fingerprint density at radius 2 is 1.95 bits per heavy atom. The standard InChI is InChI=1S/C16H22BrN3O/c1-4-20-15(16(17)11(3)19-20)10-14(18)12-6-8-13(9-7-12)21-5-2/h6-9,14H,4-5,10,18H2,1-3H3. The van der Waals surface area contributed by atoms with Crippen LogP contribution in [0.5, 0.6) is 5.75 Å². The number of hydrogen-bond acceptors (Lipinski definition) is 3. The van der Waals surface area contributed by atoms with Gasteiger partial charge in [0.05, 0.1) is 22.5 Å². The highest BCUT2D eigenvalue weighted by atomic mass is 79.9. The van der Waals surface area contributed by atoms with Crippen molar-refractivity contribution in [2.24, 2.45) is 5.73 Å². The molecule has 0 radical (unpaired) electrons. The summed E-state index contributed by atoms with van der Waals surface area (Å²) in [7, 11) is 0. The van der Waals surface area contributed by atoms with Crippen LogP contribution in [0.3, 0.4) is 0 Å². The number of nitrogens with zero attached hydrogens (tertiary/aromatic N) is 2. The zero-order valence-corrected chi connectivity index (χ0v) is 14.4. The van der Waals surface area contributed by atoms with Crippen molar-refractivity contribution in [3.8, 4) is 5.75 Å². The fourth-order valence-electron chi connectivity index (χ4n) is 2.37. The first-order chi connectivity index (χ1) is 10.1. The molecule has 0 spiro atoms. The van der Waals surface area contributed by atoms with E-state index >= 15 is 0 Å². The minimum atomic E-state index is -0.0571. The lowest BCUT2D eigenvalue weighted by atomic mass is 10.0. The lowest BCUT2D eigenvalue weighted by molar-refractivity contribution is 0.340. The molecule has 2 aromatic rings. The molecule has 1 unspecified atom stereocenters. The van der Waals surface area contributed by atoms with Gasteiger partial charge in [-0.3, -0.25) is 4.68 Å². The summed E-state index contributed by atoms with van der Waals surface area (Å²) in [5.41, 5.74) is 9.61. The molecule has 0 aliphatic carbocycles. The molecule has 0 fully saturated rings. The van der Waals surface area contributed by atoms with E-state index in [1.165, 1.54) is 0 Å². The van der Waals surface area contributed by atoms with Gasteiger partial charge in [0.25, 0.3) is 0 Å². The van der Waals surface area contributed by atoms with Crippen molar-refractivity contribution in [2.75, 3.05) is 6.61 Å². The maximum atomic E-state index is 6.35. The molecule has 2 N–H and O–H groups in total. The number of rotatable bonds is 6. The molecule has 0 bridgehead atoms. The average molecular weight is 352 g/mol. The van der Waals surface area contributed by atoms with Crippen molar-refractivity contribution in [1.29, 1.82) is 0 Å². The van der Waals surface area contributed by atoms with E-state index in [9.17, 15) is 0 Å². The summed E-state index contributed by atoms with van der Waals surface area (Å²) in [5, 5.41) is 4.51. The van der Waals surface area contributed by atoms with Crippen LogP contribution in [0.4, 0.5) is 0 Å². The summed E-state index contributed by atoms with van der Waals surface area (Å²) in [6.07, 6.45) is 0.753. The number of aryl methyl sites for hydroxylation is 2. The van der Waals surface area contributed by atoms with E-state index in [0.29, 0.717) is 6.61 Å². The highest BCUT2D eigenvalue weighted by Crippen LogP contribution is 2.26. The average Bonchev–Trinajstić information content (AvgIpc) is 2.76. The van der Waals surface area contributed by atoms with E-state index in [1.807, 2.05) is 42.8 Å². The maximum Gasteiger partial charge on any atom is 0.119 e. The van der Waals surface area contributed by atoms with Gasteiger partial charge >= 0.3 is 0 Å². The van der Waals surface area contributed by atoms with Gasteiger partial charge in [-0.15, -0.1) is 0 Å². The maximum absolute atomic E-state index is 6.35. The van der Waals surface area contributed by atoms with Crippen LogP contribution < -0.4 is 10.5 Å². The summed E-state index contributed by atoms with van der Waals surface area (Å²) in [6.45, 7) is 7.59. The van der Waals surface area contributed by atoms with Gasteiger partial charge in [0, 0.05) is 19.0 Å². The van der Waals surface area contributed by atoms with E-state index < -0.39 is 0 Å². The van der Waals surface area contributed by atoms with E-state index in [0.717, 1.165) is 40.1 Å². The Labute approximate surface area is 134 Å². The molecule has 114 valence electrons. The van der Waals surface area contributed by atoms with Crippen LogP contribution in [0.1, 0.15) is 36.8 Å². The minimum absolute atomic E-state index is 0.0571. The number of nitrogens with two attached hydrogens (primary N) is 1. The van der Waals surface area contributed by atoms with Gasteiger partial charge in [0.1, 0.15) is 5.75 Å². The number of aromatic nitrogens is 2. The van der Waals surface area contributed by atoms with Crippen LogP contribution in [-0.4, -0.2) is 16.4 Å². The van der Waals surface area contributed by atoms with Crippen LogP contribution in [0.2, 0.25) is 0 Å². The third-order valence-corrected chi connectivity index (χ3v) is 4.52. The predicted octanol–water partition coefficient (Wildman–Crippen LogP) is 3.62. The lowest BCUT2D eigenvalue weighted by Gasteiger charge is -2.14. The molecule has 5 heteroatoms. The Hall–Kier alpha value is -1.33. The van der Waals surface area contributed by atoms with Gasteiger partial charge in [-0.05, 0) is 54.4 Å². The lowest BCUT2D eigenvalue weighted by Crippen LogP contribution is -2.16. The quantitative estimate of drug-likeness (QED) is 0.864.